The highest BCUT2D eigenvalue weighted by Gasteiger charge is 2.24. The molecule has 0 bridgehead atoms. The lowest BCUT2D eigenvalue weighted by atomic mass is 9.97. The average molecular weight is 344 g/mol. The van der Waals surface area contributed by atoms with Gasteiger partial charge in [0.1, 0.15) is 0 Å². The minimum atomic E-state index is -0.138. The van der Waals surface area contributed by atoms with E-state index in [9.17, 15) is 4.79 Å². The lowest BCUT2D eigenvalue weighted by Crippen LogP contribution is -2.40. The van der Waals surface area contributed by atoms with Crippen molar-refractivity contribution < 1.29 is 13.9 Å². The van der Waals surface area contributed by atoms with E-state index >= 15 is 0 Å². The molecule has 2 N–H and O–H groups in total. The van der Waals surface area contributed by atoms with Crippen LogP contribution >= 0.6 is 0 Å². The number of furan rings is 1. The van der Waals surface area contributed by atoms with Gasteiger partial charge in [-0.2, -0.15) is 5.10 Å². The normalized spacial score (nSPS) is 21.0. The van der Waals surface area contributed by atoms with Crippen molar-refractivity contribution in [3.05, 3.63) is 41.1 Å². The Morgan fingerprint density at radius 1 is 1.48 bits per heavy atom. The van der Waals surface area contributed by atoms with Crippen LogP contribution in [0, 0.1) is 5.92 Å². The van der Waals surface area contributed by atoms with Gasteiger partial charge in [0.25, 0.3) is 5.91 Å². The number of amides is 1. The number of carbonyl (C=O) groups is 1. The molecule has 2 aliphatic rings. The maximum Gasteiger partial charge on any atom is 0.286 e. The van der Waals surface area contributed by atoms with Gasteiger partial charge in [-0.15, -0.1) is 0 Å². The van der Waals surface area contributed by atoms with E-state index in [1.54, 1.807) is 12.1 Å². The molecule has 7 heteroatoms. The summed E-state index contributed by atoms with van der Waals surface area (Å²) in [5.74, 6) is 0.690. The highest BCUT2D eigenvalue weighted by atomic mass is 16.5. The molecule has 2 aromatic rings. The second-order valence-corrected chi connectivity index (χ2v) is 6.86. The number of aromatic amines is 1. The topological polar surface area (TPSA) is 83.4 Å². The van der Waals surface area contributed by atoms with E-state index in [2.05, 4.69) is 20.4 Å². The van der Waals surface area contributed by atoms with Crippen LogP contribution in [0.2, 0.25) is 0 Å². The van der Waals surface area contributed by atoms with Crippen LogP contribution in [0.4, 0.5) is 0 Å². The zero-order valence-electron chi connectivity index (χ0n) is 14.3. The summed E-state index contributed by atoms with van der Waals surface area (Å²) in [6, 6.07) is 3.41. The summed E-state index contributed by atoms with van der Waals surface area (Å²) in [5.41, 5.74) is 3.56. The number of fused-ring (bicyclic) bond motifs is 1. The fourth-order valence-electron chi connectivity index (χ4n) is 3.71. The van der Waals surface area contributed by atoms with Crippen LogP contribution in [0.1, 0.15) is 40.3 Å². The third kappa shape index (κ3) is 3.77. The van der Waals surface area contributed by atoms with Crippen LogP contribution in [-0.2, 0) is 24.3 Å². The number of nitrogens with one attached hydrogen (secondary N) is 2. The Hall–Kier alpha value is -2.12. The number of H-pyrrole nitrogens is 1. The summed E-state index contributed by atoms with van der Waals surface area (Å²) in [7, 11) is 0. The average Bonchev–Trinajstić information content (AvgIpc) is 3.31. The van der Waals surface area contributed by atoms with Crippen LogP contribution in [0.15, 0.2) is 22.8 Å². The van der Waals surface area contributed by atoms with Crippen LogP contribution in [0.3, 0.4) is 0 Å². The van der Waals surface area contributed by atoms with E-state index in [-0.39, 0.29) is 5.91 Å². The van der Waals surface area contributed by atoms with Crippen molar-refractivity contribution in [2.45, 2.75) is 32.4 Å². The minimum absolute atomic E-state index is 0.138. The molecule has 0 spiro atoms. The Morgan fingerprint density at radius 3 is 3.32 bits per heavy atom. The first-order valence-electron chi connectivity index (χ1n) is 8.96. The molecule has 4 heterocycles. The molecule has 2 aliphatic heterocycles. The van der Waals surface area contributed by atoms with Gasteiger partial charge < -0.3 is 14.5 Å². The molecule has 4 rings (SSSR count). The predicted octanol–water partition coefficient (Wildman–Crippen LogP) is 1.72. The summed E-state index contributed by atoms with van der Waals surface area (Å²) in [6.07, 6.45) is 4.72. The van der Waals surface area contributed by atoms with E-state index < -0.39 is 0 Å². The molecule has 134 valence electrons. The van der Waals surface area contributed by atoms with Crippen molar-refractivity contribution in [1.82, 2.24) is 20.4 Å². The van der Waals surface area contributed by atoms with Crippen molar-refractivity contribution in [2.75, 3.05) is 26.2 Å². The zero-order valence-corrected chi connectivity index (χ0v) is 14.3. The van der Waals surface area contributed by atoms with E-state index in [1.165, 1.54) is 17.5 Å². The summed E-state index contributed by atoms with van der Waals surface area (Å²) in [6.45, 7) is 5.01. The highest BCUT2D eigenvalue weighted by molar-refractivity contribution is 5.91. The monoisotopic (exact) mass is 344 g/mol. The molecule has 25 heavy (non-hydrogen) atoms. The second kappa shape index (κ2) is 7.41. The van der Waals surface area contributed by atoms with Crippen molar-refractivity contribution >= 4 is 5.91 Å². The first-order valence-corrected chi connectivity index (χ1v) is 8.96. The Balaban J connectivity index is 1.30. The van der Waals surface area contributed by atoms with Crippen molar-refractivity contribution in [1.29, 1.82) is 0 Å². The van der Waals surface area contributed by atoms with Crippen LogP contribution in [-0.4, -0.2) is 47.2 Å². The van der Waals surface area contributed by atoms with Crippen LogP contribution in [0.25, 0.3) is 0 Å². The first-order chi connectivity index (χ1) is 12.3. The van der Waals surface area contributed by atoms with Gasteiger partial charge in [-0.3, -0.25) is 14.8 Å². The molecule has 1 fully saturated rings. The number of aromatic nitrogens is 2. The van der Waals surface area contributed by atoms with Gasteiger partial charge in [0.15, 0.2) is 5.76 Å². The quantitative estimate of drug-likeness (QED) is 0.863. The SMILES string of the molecule is O=C(NCC1CCCN(Cc2n[nH]c3c2COCC3)C1)c1ccco1. The van der Waals surface area contributed by atoms with Crippen molar-refractivity contribution in [3.63, 3.8) is 0 Å². The van der Waals surface area contributed by atoms with E-state index in [4.69, 9.17) is 9.15 Å². The third-order valence-corrected chi connectivity index (χ3v) is 5.05. The zero-order chi connectivity index (χ0) is 17.1. The Bertz CT molecular complexity index is 710. The summed E-state index contributed by atoms with van der Waals surface area (Å²) < 4.78 is 10.7. The fraction of sp³-hybridized carbons (Fsp3) is 0.556. The molecular weight excluding hydrogens is 320 g/mol. The molecule has 1 saturated heterocycles. The molecule has 1 amide bonds. The molecule has 1 atom stereocenters. The van der Waals surface area contributed by atoms with Gasteiger partial charge >= 0.3 is 0 Å². The summed E-state index contributed by atoms with van der Waals surface area (Å²) in [4.78, 5) is 14.4. The molecule has 1 unspecified atom stereocenters. The van der Waals surface area contributed by atoms with Crippen LogP contribution < -0.4 is 5.32 Å². The summed E-state index contributed by atoms with van der Waals surface area (Å²) >= 11 is 0. The molecule has 7 nitrogen and oxygen atoms in total. The van der Waals surface area contributed by atoms with Crippen LogP contribution in [0.5, 0.6) is 0 Å². The Kier molecular flexibility index (Phi) is 4.85. The number of hydrogen-bond donors (Lipinski definition) is 2. The lowest BCUT2D eigenvalue weighted by molar-refractivity contribution is 0.0901. The van der Waals surface area contributed by atoms with Gasteiger partial charge in [-0.1, -0.05) is 0 Å². The van der Waals surface area contributed by atoms with Crippen molar-refractivity contribution in [3.8, 4) is 0 Å². The lowest BCUT2D eigenvalue weighted by Gasteiger charge is -2.32. The number of ether oxygens (including phenoxy) is 1. The Morgan fingerprint density at radius 2 is 2.44 bits per heavy atom. The van der Waals surface area contributed by atoms with Gasteiger partial charge in [0.2, 0.25) is 0 Å². The number of rotatable bonds is 5. The molecule has 0 aliphatic carbocycles. The highest BCUT2D eigenvalue weighted by Crippen LogP contribution is 2.22. The predicted molar refractivity (Wildman–Crippen MR) is 91.0 cm³/mol. The van der Waals surface area contributed by atoms with E-state index in [1.807, 2.05) is 0 Å². The third-order valence-electron chi connectivity index (χ3n) is 5.05. The molecular formula is C18H24N4O3. The molecule has 0 aromatic carbocycles. The molecule has 2 aromatic heterocycles. The Labute approximate surface area is 146 Å². The minimum Gasteiger partial charge on any atom is -0.459 e. The number of likely N-dealkylation sites (tertiary alicyclic amines) is 1. The second-order valence-electron chi connectivity index (χ2n) is 6.86. The first kappa shape index (κ1) is 16.4. The maximum absolute atomic E-state index is 12.0. The largest absolute Gasteiger partial charge is 0.459 e. The van der Waals surface area contributed by atoms with Gasteiger partial charge in [0, 0.05) is 37.3 Å². The molecule has 0 radical (unpaired) electrons. The number of nitrogens with zero attached hydrogens (tertiary/aromatic N) is 2. The van der Waals surface area contributed by atoms with E-state index in [0.717, 1.165) is 51.2 Å². The van der Waals surface area contributed by atoms with Gasteiger partial charge in [-0.25, -0.2) is 0 Å². The van der Waals surface area contributed by atoms with Gasteiger partial charge in [0.05, 0.1) is 25.2 Å². The maximum atomic E-state index is 12.0. The van der Waals surface area contributed by atoms with Crippen molar-refractivity contribution in [2.24, 2.45) is 5.92 Å². The number of carbonyl (C=O) groups excluding carboxylic acids is 1. The number of piperidine rings is 1. The summed E-state index contributed by atoms with van der Waals surface area (Å²) in [5, 5.41) is 10.6. The standard InChI is InChI=1S/C18H24N4O3/c23-18(17-4-2-7-25-17)19-9-13-3-1-6-22(10-13)11-16-14-12-24-8-5-15(14)20-21-16/h2,4,7,13H,1,3,5-6,8-12H2,(H,19,23)(H,20,21). The smallest absolute Gasteiger partial charge is 0.286 e. The van der Waals surface area contributed by atoms with Gasteiger partial charge in [-0.05, 0) is 37.4 Å². The molecule has 0 saturated carbocycles. The van der Waals surface area contributed by atoms with E-state index in [0.29, 0.717) is 24.8 Å². The number of hydrogen-bond acceptors (Lipinski definition) is 5. The fourth-order valence-corrected chi connectivity index (χ4v) is 3.71.